The third kappa shape index (κ3) is 3.03. The highest BCUT2D eigenvalue weighted by Gasteiger charge is 2.31. The molecule has 0 radical (unpaired) electrons. The molecule has 22 heavy (non-hydrogen) atoms. The van der Waals surface area contributed by atoms with Gasteiger partial charge in [-0.05, 0) is 36.9 Å². The Morgan fingerprint density at radius 2 is 1.95 bits per heavy atom. The molecule has 0 bridgehead atoms. The molecule has 3 rings (SSSR count). The number of anilines is 2. The molecule has 0 aromatic heterocycles. The van der Waals surface area contributed by atoms with E-state index < -0.39 is 5.97 Å². The molecule has 0 aliphatic carbocycles. The molecule has 0 atom stereocenters. The first kappa shape index (κ1) is 14.7. The van der Waals surface area contributed by atoms with Gasteiger partial charge >= 0.3 is 5.97 Å². The van der Waals surface area contributed by atoms with E-state index in [1.54, 1.807) is 31.4 Å². The summed E-state index contributed by atoms with van der Waals surface area (Å²) in [5, 5.41) is 8.90. The largest absolute Gasteiger partial charge is 0.497 e. The number of aromatic carboxylic acids is 1. The summed E-state index contributed by atoms with van der Waals surface area (Å²) < 4.78 is 9.44. The molecule has 0 unspecified atom stereocenters. The van der Waals surface area contributed by atoms with Crippen LogP contribution in [0.3, 0.4) is 0 Å². The fourth-order valence-electron chi connectivity index (χ4n) is 2.20. The van der Waals surface area contributed by atoms with Crippen LogP contribution in [0.2, 0.25) is 0 Å². The molecule has 0 fully saturated rings. The SMILES string of the molecule is COc1ccc2c(c1)N2SN(C)Cc1ccc(C(=O)O)cc1. The predicted molar refractivity (Wildman–Crippen MR) is 87.6 cm³/mol. The summed E-state index contributed by atoms with van der Waals surface area (Å²) in [7, 11) is 3.67. The van der Waals surface area contributed by atoms with Crippen LogP contribution in [0.5, 0.6) is 5.75 Å². The topological polar surface area (TPSA) is 52.8 Å². The fourth-order valence-corrected chi connectivity index (χ4v) is 3.12. The Morgan fingerprint density at radius 3 is 2.59 bits per heavy atom. The van der Waals surface area contributed by atoms with E-state index in [2.05, 4.69) is 8.61 Å². The first-order chi connectivity index (χ1) is 10.6. The fraction of sp³-hybridized carbons (Fsp3) is 0.188. The van der Waals surface area contributed by atoms with Gasteiger partial charge in [-0.15, -0.1) is 0 Å². The van der Waals surface area contributed by atoms with Crippen LogP contribution in [-0.2, 0) is 6.54 Å². The Hall–Kier alpha value is -2.18. The van der Waals surface area contributed by atoms with E-state index in [1.807, 2.05) is 37.4 Å². The molecule has 1 aliphatic rings. The number of carboxylic acid groups (broad SMARTS) is 1. The van der Waals surface area contributed by atoms with Crippen LogP contribution in [-0.4, -0.2) is 29.5 Å². The van der Waals surface area contributed by atoms with E-state index in [0.717, 1.165) is 23.5 Å². The third-order valence-corrected chi connectivity index (χ3v) is 4.36. The minimum Gasteiger partial charge on any atom is -0.497 e. The molecule has 1 aliphatic heterocycles. The third-order valence-electron chi connectivity index (χ3n) is 3.40. The number of hydrogen-bond acceptors (Lipinski definition) is 5. The minimum absolute atomic E-state index is 0.310. The number of benzene rings is 2. The second-order valence-electron chi connectivity index (χ2n) is 5.02. The minimum atomic E-state index is -0.900. The van der Waals surface area contributed by atoms with Crippen LogP contribution in [0.4, 0.5) is 11.4 Å². The molecule has 2 aromatic carbocycles. The molecular weight excluding hydrogens is 300 g/mol. The van der Waals surface area contributed by atoms with Gasteiger partial charge in [0.2, 0.25) is 0 Å². The van der Waals surface area contributed by atoms with Crippen molar-refractivity contribution < 1.29 is 14.6 Å². The summed E-state index contributed by atoms with van der Waals surface area (Å²) in [6.45, 7) is 0.728. The van der Waals surface area contributed by atoms with Gasteiger partial charge in [-0.25, -0.2) is 9.10 Å². The van der Waals surface area contributed by atoms with E-state index in [1.165, 1.54) is 5.69 Å². The van der Waals surface area contributed by atoms with Crippen LogP contribution >= 0.6 is 12.1 Å². The van der Waals surface area contributed by atoms with E-state index >= 15 is 0 Å². The van der Waals surface area contributed by atoms with Gasteiger partial charge in [-0.1, -0.05) is 12.1 Å². The van der Waals surface area contributed by atoms with Crippen molar-refractivity contribution in [3.63, 3.8) is 0 Å². The first-order valence-electron chi connectivity index (χ1n) is 6.78. The maximum atomic E-state index is 10.8. The Labute approximate surface area is 133 Å². The number of hydrogen-bond donors (Lipinski definition) is 1. The molecule has 5 nitrogen and oxygen atoms in total. The summed E-state index contributed by atoms with van der Waals surface area (Å²) in [4.78, 5) is 10.8. The van der Waals surface area contributed by atoms with Crippen molar-refractivity contribution in [1.29, 1.82) is 0 Å². The predicted octanol–water partition coefficient (Wildman–Crippen LogP) is 3.54. The quantitative estimate of drug-likeness (QED) is 0.650. The summed E-state index contributed by atoms with van der Waals surface area (Å²) in [6, 6.07) is 13.0. The van der Waals surface area contributed by atoms with Gasteiger partial charge in [0, 0.05) is 24.7 Å². The van der Waals surface area contributed by atoms with Gasteiger partial charge in [-0.2, -0.15) is 0 Å². The van der Waals surface area contributed by atoms with Gasteiger partial charge in [-0.3, -0.25) is 4.31 Å². The highest BCUT2D eigenvalue weighted by Crippen LogP contribution is 2.54. The summed E-state index contributed by atoms with van der Waals surface area (Å²) in [6.07, 6.45) is 0. The van der Waals surface area contributed by atoms with Crippen LogP contribution in [0, 0.1) is 0 Å². The number of carbonyl (C=O) groups is 1. The smallest absolute Gasteiger partial charge is 0.335 e. The Morgan fingerprint density at radius 1 is 1.23 bits per heavy atom. The molecule has 0 amide bonds. The lowest BCUT2D eigenvalue weighted by Crippen LogP contribution is -2.12. The number of carboxylic acids is 1. The summed E-state index contributed by atoms with van der Waals surface area (Å²) in [5.74, 6) is -0.0449. The van der Waals surface area contributed by atoms with Crippen molar-refractivity contribution in [2.75, 3.05) is 18.5 Å². The van der Waals surface area contributed by atoms with Gasteiger partial charge in [0.25, 0.3) is 0 Å². The summed E-state index contributed by atoms with van der Waals surface area (Å²) >= 11 is 1.61. The lowest BCUT2D eigenvalue weighted by molar-refractivity contribution is 0.0697. The van der Waals surface area contributed by atoms with Crippen molar-refractivity contribution in [1.82, 2.24) is 4.31 Å². The highest BCUT2D eigenvalue weighted by atomic mass is 32.2. The van der Waals surface area contributed by atoms with Crippen LogP contribution in [0.15, 0.2) is 42.5 Å². The van der Waals surface area contributed by atoms with Crippen LogP contribution < -0.4 is 9.04 Å². The molecule has 2 aromatic rings. The van der Waals surface area contributed by atoms with Crippen LogP contribution in [0.1, 0.15) is 15.9 Å². The zero-order valence-electron chi connectivity index (χ0n) is 12.3. The number of methoxy groups -OCH3 is 1. The molecule has 0 saturated carbocycles. The average molecular weight is 316 g/mol. The van der Waals surface area contributed by atoms with E-state index in [9.17, 15) is 4.79 Å². The van der Waals surface area contributed by atoms with Crippen LogP contribution in [0.25, 0.3) is 0 Å². The van der Waals surface area contributed by atoms with Crippen molar-refractivity contribution in [2.24, 2.45) is 0 Å². The Balaban J connectivity index is 1.57. The normalized spacial score (nSPS) is 12.2. The zero-order chi connectivity index (χ0) is 15.7. The van der Waals surface area contributed by atoms with E-state index in [4.69, 9.17) is 9.84 Å². The molecule has 0 saturated heterocycles. The molecule has 1 heterocycles. The second-order valence-corrected chi connectivity index (χ2v) is 6.17. The first-order valence-corrected chi connectivity index (χ1v) is 7.51. The zero-order valence-corrected chi connectivity index (χ0v) is 13.1. The highest BCUT2D eigenvalue weighted by molar-refractivity contribution is 7.99. The Kier molecular flexibility index (Phi) is 3.96. The molecular formula is C16H16N2O3S. The van der Waals surface area contributed by atoms with Crippen molar-refractivity contribution >= 4 is 29.5 Å². The van der Waals surface area contributed by atoms with E-state index in [0.29, 0.717) is 5.56 Å². The van der Waals surface area contributed by atoms with Gasteiger partial charge < -0.3 is 9.84 Å². The summed E-state index contributed by atoms with van der Waals surface area (Å²) in [5.41, 5.74) is 3.74. The van der Waals surface area contributed by atoms with Gasteiger partial charge in [0.15, 0.2) is 0 Å². The second kappa shape index (κ2) is 5.90. The molecule has 1 N–H and O–H groups in total. The maximum absolute atomic E-state index is 10.8. The number of ether oxygens (including phenoxy) is 1. The lowest BCUT2D eigenvalue weighted by Gasteiger charge is -2.15. The number of fused-ring (bicyclic) bond motifs is 1. The maximum Gasteiger partial charge on any atom is 0.335 e. The van der Waals surface area contributed by atoms with Crippen molar-refractivity contribution in [3.05, 3.63) is 53.6 Å². The van der Waals surface area contributed by atoms with Gasteiger partial charge in [0.1, 0.15) is 5.75 Å². The van der Waals surface area contributed by atoms with Crippen molar-refractivity contribution in [2.45, 2.75) is 6.54 Å². The molecule has 6 heteroatoms. The average Bonchev–Trinajstić information content (AvgIpc) is 3.19. The lowest BCUT2D eigenvalue weighted by atomic mass is 10.1. The van der Waals surface area contributed by atoms with Crippen molar-refractivity contribution in [3.8, 4) is 5.75 Å². The number of nitrogens with zero attached hydrogens (tertiary/aromatic N) is 2. The van der Waals surface area contributed by atoms with Gasteiger partial charge in [0.05, 0.1) is 24.0 Å². The number of rotatable bonds is 6. The Bertz CT molecular complexity index is 703. The van der Waals surface area contributed by atoms with E-state index in [-0.39, 0.29) is 0 Å². The molecule has 114 valence electrons. The standard InChI is InChI=1S/C16H16N2O3S/c1-17(10-11-3-5-12(6-4-11)16(19)20)22-18-14-8-7-13(21-2)9-15(14)18/h3-9H,10H2,1-2H3,(H,19,20). The molecule has 0 spiro atoms. The monoisotopic (exact) mass is 316 g/mol.